The van der Waals surface area contributed by atoms with Crippen molar-refractivity contribution >= 4 is 11.4 Å². The minimum Gasteiger partial charge on any atom is -0.487 e. The number of piperazine rings is 1. The highest BCUT2D eigenvalue weighted by Crippen LogP contribution is 2.45. The molecule has 0 saturated carbocycles. The number of benzene rings is 2. The monoisotopic (exact) mass is 378 g/mol. The molecule has 0 bridgehead atoms. The van der Waals surface area contributed by atoms with Gasteiger partial charge in [-0.05, 0) is 75.4 Å². The molecule has 0 radical (unpaired) electrons. The third-order valence-corrected chi connectivity index (χ3v) is 6.63. The fourth-order valence-corrected chi connectivity index (χ4v) is 4.86. The van der Waals surface area contributed by atoms with Crippen LogP contribution >= 0.6 is 0 Å². The number of anilines is 2. The minimum atomic E-state index is -0.0910. The van der Waals surface area contributed by atoms with E-state index in [2.05, 4.69) is 75.6 Å². The second-order valence-corrected chi connectivity index (χ2v) is 9.06. The van der Waals surface area contributed by atoms with Crippen LogP contribution in [0.15, 0.2) is 24.3 Å². The zero-order valence-electron chi connectivity index (χ0n) is 18.4. The number of hydrogen-bond donors (Lipinski definition) is 0. The first-order chi connectivity index (χ1) is 13.3. The molecule has 1 fully saturated rings. The van der Waals surface area contributed by atoms with Gasteiger partial charge in [-0.15, -0.1) is 0 Å². The van der Waals surface area contributed by atoms with Crippen LogP contribution in [0.4, 0.5) is 11.4 Å². The van der Waals surface area contributed by atoms with Gasteiger partial charge >= 0.3 is 0 Å². The molecule has 1 saturated heterocycles. The molecular formula is C25H34N2O. The van der Waals surface area contributed by atoms with Gasteiger partial charge in [0, 0.05) is 49.5 Å². The highest BCUT2D eigenvalue weighted by molar-refractivity contribution is 5.70. The highest BCUT2D eigenvalue weighted by atomic mass is 16.5. The summed E-state index contributed by atoms with van der Waals surface area (Å²) in [5, 5.41) is 0. The summed E-state index contributed by atoms with van der Waals surface area (Å²) in [7, 11) is 0. The molecule has 4 rings (SSSR count). The first-order valence-corrected chi connectivity index (χ1v) is 10.7. The Labute approximate surface area is 170 Å². The van der Waals surface area contributed by atoms with E-state index in [-0.39, 0.29) is 5.60 Å². The Balaban J connectivity index is 1.56. The van der Waals surface area contributed by atoms with Crippen molar-refractivity contribution in [3.63, 3.8) is 0 Å². The minimum absolute atomic E-state index is 0.0910. The average molecular weight is 379 g/mol. The number of fused-ring (bicyclic) bond motifs is 1. The number of hydrogen-bond acceptors (Lipinski definition) is 3. The molecule has 2 heterocycles. The smallest absolute Gasteiger partial charge is 0.127 e. The van der Waals surface area contributed by atoms with E-state index in [0.717, 1.165) is 44.8 Å². The second-order valence-electron chi connectivity index (χ2n) is 9.06. The van der Waals surface area contributed by atoms with E-state index < -0.39 is 0 Å². The van der Waals surface area contributed by atoms with Crippen LogP contribution in [-0.2, 0) is 12.8 Å². The van der Waals surface area contributed by atoms with Crippen LogP contribution in [-0.4, -0.2) is 31.8 Å². The van der Waals surface area contributed by atoms with Gasteiger partial charge in [-0.25, -0.2) is 0 Å². The van der Waals surface area contributed by atoms with Crippen molar-refractivity contribution in [1.29, 1.82) is 0 Å². The van der Waals surface area contributed by atoms with Gasteiger partial charge in [0.25, 0.3) is 0 Å². The summed E-state index contributed by atoms with van der Waals surface area (Å²) in [4.78, 5) is 5.12. The predicted octanol–water partition coefficient (Wildman–Crippen LogP) is 5.21. The Kier molecular flexibility index (Phi) is 4.81. The standard InChI is InChI=1S/C25H34N2O/c1-7-20-8-10-21(11-9-20)26-12-14-27(15-13-26)23-17(2)18(3)24-22(19(23)4)16-25(5,6)28-24/h8-11H,7,12-16H2,1-6H3. The van der Waals surface area contributed by atoms with Gasteiger partial charge in [-0.2, -0.15) is 0 Å². The summed E-state index contributed by atoms with van der Waals surface area (Å²) >= 11 is 0. The van der Waals surface area contributed by atoms with Gasteiger partial charge in [-0.3, -0.25) is 0 Å². The molecule has 0 N–H and O–H groups in total. The average Bonchev–Trinajstić information content (AvgIpc) is 3.03. The molecule has 2 aromatic carbocycles. The van der Waals surface area contributed by atoms with Crippen molar-refractivity contribution < 1.29 is 4.74 Å². The topological polar surface area (TPSA) is 15.7 Å². The van der Waals surface area contributed by atoms with E-state index in [1.54, 1.807) is 0 Å². The summed E-state index contributed by atoms with van der Waals surface area (Å²) in [6.45, 7) is 17.7. The van der Waals surface area contributed by atoms with Crippen molar-refractivity contribution in [3.05, 3.63) is 52.1 Å². The Hall–Kier alpha value is -2.16. The zero-order valence-corrected chi connectivity index (χ0v) is 18.4. The van der Waals surface area contributed by atoms with Crippen LogP contribution in [0.1, 0.15) is 48.6 Å². The molecule has 0 spiro atoms. The van der Waals surface area contributed by atoms with Crippen LogP contribution < -0.4 is 14.5 Å². The Bertz CT molecular complexity index is 875. The number of nitrogens with zero attached hydrogens (tertiary/aromatic N) is 2. The van der Waals surface area contributed by atoms with E-state index in [1.165, 1.54) is 39.2 Å². The lowest BCUT2D eigenvalue weighted by atomic mass is 9.91. The summed E-state index contributed by atoms with van der Waals surface area (Å²) in [5.74, 6) is 1.14. The maximum atomic E-state index is 6.30. The maximum absolute atomic E-state index is 6.30. The Morgan fingerprint density at radius 1 is 0.857 bits per heavy atom. The molecule has 0 amide bonds. The van der Waals surface area contributed by atoms with Crippen molar-refractivity contribution in [2.24, 2.45) is 0 Å². The Morgan fingerprint density at radius 2 is 1.46 bits per heavy atom. The highest BCUT2D eigenvalue weighted by Gasteiger charge is 2.35. The molecular weight excluding hydrogens is 344 g/mol. The molecule has 2 aliphatic rings. The SMILES string of the molecule is CCc1ccc(N2CCN(c3c(C)c(C)c4c(c3C)CC(C)(C)O4)CC2)cc1. The molecule has 3 heteroatoms. The van der Waals surface area contributed by atoms with Crippen LogP contribution in [0.2, 0.25) is 0 Å². The maximum Gasteiger partial charge on any atom is 0.127 e. The van der Waals surface area contributed by atoms with Gasteiger partial charge in [0.1, 0.15) is 11.4 Å². The molecule has 0 unspecified atom stereocenters. The molecule has 0 aromatic heterocycles. The van der Waals surface area contributed by atoms with Crippen molar-refractivity contribution in [1.82, 2.24) is 0 Å². The first-order valence-electron chi connectivity index (χ1n) is 10.7. The van der Waals surface area contributed by atoms with E-state index in [4.69, 9.17) is 4.74 Å². The zero-order chi connectivity index (χ0) is 20.1. The predicted molar refractivity (Wildman–Crippen MR) is 119 cm³/mol. The number of ether oxygens (including phenoxy) is 1. The summed E-state index contributed by atoms with van der Waals surface area (Å²) < 4.78 is 6.30. The van der Waals surface area contributed by atoms with Crippen molar-refractivity contribution in [2.75, 3.05) is 36.0 Å². The van der Waals surface area contributed by atoms with Gasteiger partial charge in [0.15, 0.2) is 0 Å². The lowest BCUT2D eigenvalue weighted by Gasteiger charge is -2.39. The number of rotatable bonds is 3. The van der Waals surface area contributed by atoms with Crippen LogP contribution in [0.25, 0.3) is 0 Å². The van der Waals surface area contributed by atoms with E-state index in [1.807, 2.05) is 0 Å². The lowest BCUT2D eigenvalue weighted by molar-refractivity contribution is 0.137. The Morgan fingerprint density at radius 3 is 2.07 bits per heavy atom. The molecule has 2 aliphatic heterocycles. The van der Waals surface area contributed by atoms with Crippen molar-refractivity contribution in [3.8, 4) is 5.75 Å². The fraction of sp³-hybridized carbons (Fsp3) is 0.520. The van der Waals surface area contributed by atoms with Gasteiger partial charge in [0.05, 0.1) is 0 Å². The van der Waals surface area contributed by atoms with E-state index in [9.17, 15) is 0 Å². The van der Waals surface area contributed by atoms with Gasteiger partial charge in [0.2, 0.25) is 0 Å². The fourth-order valence-electron chi connectivity index (χ4n) is 4.86. The third kappa shape index (κ3) is 3.25. The summed E-state index contributed by atoms with van der Waals surface area (Å²) in [6.07, 6.45) is 2.11. The van der Waals surface area contributed by atoms with Crippen LogP contribution in [0.3, 0.4) is 0 Å². The van der Waals surface area contributed by atoms with Crippen molar-refractivity contribution in [2.45, 2.75) is 60.0 Å². The first kappa shape index (κ1) is 19.2. The summed E-state index contributed by atoms with van der Waals surface area (Å²) in [6, 6.07) is 9.09. The molecule has 3 nitrogen and oxygen atoms in total. The van der Waals surface area contributed by atoms with Crippen LogP contribution in [0.5, 0.6) is 5.75 Å². The van der Waals surface area contributed by atoms with Gasteiger partial charge < -0.3 is 14.5 Å². The van der Waals surface area contributed by atoms with E-state index in [0.29, 0.717) is 0 Å². The quantitative estimate of drug-likeness (QED) is 0.729. The molecule has 28 heavy (non-hydrogen) atoms. The van der Waals surface area contributed by atoms with E-state index >= 15 is 0 Å². The molecule has 2 aromatic rings. The van der Waals surface area contributed by atoms with Crippen LogP contribution in [0, 0.1) is 20.8 Å². The normalized spacial score (nSPS) is 18.2. The molecule has 0 aliphatic carbocycles. The van der Waals surface area contributed by atoms with Gasteiger partial charge in [-0.1, -0.05) is 19.1 Å². The third-order valence-electron chi connectivity index (χ3n) is 6.63. The largest absolute Gasteiger partial charge is 0.487 e. The summed E-state index contributed by atoms with van der Waals surface area (Å²) in [5.41, 5.74) is 9.65. The lowest BCUT2D eigenvalue weighted by Crippen LogP contribution is -2.47. The second kappa shape index (κ2) is 7.02. The number of aryl methyl sites for hydroxylation is 1. The molecule has 150 valence electrons. The molecule has 0 atom stereocenters.